The smallest absolute Gasteiger partial charge is 0.355 e. The summed E-state index contributed by atoms with van der Waals surface area (Å²) in [5.74, 6) is -1.53. The summed E-state index contributed by atoms with van der Waals surface area (Å²) in [6, 6.07) is 0. The minimum absolute atomic E-state index is 0.116. The molecule has 18 heavy (non-hydrogen) atoms. The molecule has 94 valence electrons. The number of amides is 1. The molecular weight excluding hydrogens is 274 g/mol. The molecule has 8 heteroatoms. The van der Waals surface area contributed by atoms with E-state index in [1.165, 1.54) is 16.7 Å². The van der Waals surface area contributed by atoms with Crippen molar-refractivity contribution < 1.29 is 14.7 Å². The summed E-state index contributed by atoms with van der Waals surface area (Å²) in [7, 11) is 0. The lowest BCUT2D eigenvalue weighted by molar-refractivity contribution is 0.0691. The highest BCUT2D eigenvalue weighted by molar-refractivity contribution is 7.12. The highest BCUT2D eigenvalue weighted by Gasteiger charge is 2.14. The number of carbonyl (C=O) groups excluding carboxylic acids is 1. The second-order valence-electron chi connectivity index (χ2n) is 3.39. The summed E-state index contributed by atoms with van der Waals surface area (Å²) in [6.07, 6.45) is 1.73. The van der Waals surface area contributed by atoms with E-state index in [-0.39, 0.29) is 16.6 Å². The van der Waals surface area contributed by atoms with E-state index in [0.717, 1.165) is 21.2 Å². The van der Waals surface area contributed by atoms with E-state index in [1.54, 1.807) is 6.20 Å². The minimum atomic E-state index is -1.14. The molecule has 6 nitrogen and oxygen atoms in total. The molecule has 0 aliphatic carbocycles. The van der Waals surface area contributed by atoms with Gasteiger partial charge in [-0.25, -0.2) is 14.8 Å². The minimum Gasteiger partial charge on any atom is -0.476 e. The Hall–Kier alpha value is -1.80. The number of carbonyl (C=O) groups is 2. The molecule has 0 saturated carbocycles. The second kappa shape index (κ2) is 5.23. The van der Waals surface area contributed by atoms with Gasteiger partial charge in [0.1, 0.15) is 5.01 Å². The second-order valence-corrected chi connectivity index (χ2v) is 5.57. The van der Waals surface area contributed by atoms with E-state index in [4.69, 9.17) is 5.11 Å². The summed E-state index contributed by atoms with van der Waals surface area (Å²) in [5, 5.41) is 13.6. The number of thiazole rings is 2. The molecule has 0 radical (unpaired) electrons. The SMILES string of the molecule is Cc1cnc(CNC(=O)c2nc(C(=O)O)cs2)s1. The van der Waals surface area contributed by atoms with E-state index in [1.807, 2.05) is 6.92 Å². The van der Waals surface area contributed by atoms with Crippen LogP contribution >= 0.6 is 22.7 Å². The molecule has 2 aromatic rings. The number of hydrogen-bond acceptors (Lipinski definition) is 6. The molecule has 0 aliphatic heterocycles. The Kier molecular flexibility index (Phi) is 3.68. The predicted molar refractivity (Wildman–Crippen MR) is 67.1 cm³/mol. The Morgan fingerprint density at radius 3 is 2.83 bits per heavy atom. The number of carboxylic acid groups (broad SMARTS) is 1. The van der Waals surface area contributed by atoms with Gasteiger partial charge in [-0.2, -0.15) is 0 Å². The predicted octanol–water partition coefficient (Wildman–Crippen LogP) is 1.54. The van der Waals surface area contributed by atoms with Gasteiger partial charge in [0.25, 0.3) is 5.91 Å². The molecule has 2 N–H and O–H groups in total. The first kappa shape index (κ1) is 12.7. The quantitative estimate of drug-likeness (QED) is 0.888. The molecule has 1 amide bonds. The van der Waals surface area contributed by atoms with Crippen LogP contribution in [0.15, 0.2) is 11.6 Å². The monoisotopic (exact) mass is 283 g/mol. The maximum Gasteiger partial charge on any atom is 0.355 e. The molecule has 0 spiro atoms. The van der Waals surface area contributed by atoms with E-state index in [9.17, 15) is 9.59 Å². The van der Waals surface area contributed by atoms with Crippen LogP contribution in [0.4, 0.5) is 0 Å². The van der Waals surface area contributed by atoms with Gasteiger partial charge >= 0.3 is 5.97 Å². The van der Waals surface area contributed by atoms with Crippen molar-refractivity contribution >= 4 is 34.6 Å². The molecule has 0 fully saturated rings. The van der Waals surface area contributed by atoms with Crippen LogP contribution in [-0.2, 0) is 6.54 Å². The van der Waals surface area contributed by atoms with Crippen molar-refractivity contribution in [2.45, 2.75) is 13.5 Å². The van der Waals surface area contributed by atoms with Crippen molar-refractivity contribution in [3.63, 3.8) is 0 Å². The van der Waals surface area contributed by atoms with E-state index < -0.39 is 5.97 Å². The van der Waals surface area contributed by atoms with Crippen LogP contribution in [0, 0.1) is 6.92 Å². The molecule has 2 heterocycles. The van der Waals surface area contributed by atoms with Crippen LogP contribution in [-0.4, -0.2) is 27.0 Å². The van der Waals surface area contributed by atoms with Gasteiger partial charge in [-0.3, -0.25) is 4.79 Å². The first-order valence-electron chi connectivity index (χ1n) is 4.94. The third-order valence-corrected chi connectivity index (χ3v) is 3.74. The van der Waals surface area contributed by atoms with Crippen LogP contribution < -0.4 is 5.32 Å². The average molecular weight is 283 g/mol. The highest BCUT2D eigenvalue weighted by Crippen LogP contribution is 2.12. The average Bonchev–Trinajstić information content (AvgIpc) is 2.94. The fraction of sp³-hybridized carbons (Fsp3) is 0.200. The van der Waals surface area contributed by atoms with Crippen molar-refractivity contribution in [2.24, 2.45) is 0 Å². The van der Waals surface area contributed by atoms with Crippen LogP contribution in [0.1, 0.15) is 30.2 Å². The van der Waals surface area contributed by atoms with Gasteiger partial charge in [-0.05, 0) is 6.92 Å². The van der Waals surface area contributed by atoms with Crippen LogP contribution in [0.25, 0.3) is 0 Å². The van der Waals surface area contributed by atoms with Gasteiger partial charge in [0.05, 0.1) is 6.54 Å². The molecule has 0 aliphatic rings. The molecule has 2 rings (SSSR count). The van der Waals surface area contributed by atoms with Crippen molar-refractivity contribution in [3.8, 4) is 0 Å². The highest BCUT2D eigenvalue weighted by atomic mass is 32.1. The summed E-state index contributed by atoms with van der Waals surface area (Å²) in [6.45, 7) is 2.25. The third-order valence-electron chi connectivity index (χ3n) is 1.99. The van der Waals surface area contributed by atoms with Gasteiger partial charge < -0.3 is 10.4 Å². The van der Waals surface area contributed by atoms with E-state index >= 15 is 0 Å². The number of aromatic carboxylic acids is 1. The zero-order chi connectivity index (χ0) is 13.1. The Morgan fingerprint density at radius 1 is 1.50 bits per heavy atom. The van der Waals surface area contributed by atoms with Gasteiger partial charge in [-0.15, -0.1) is 22.7 Å². The topological polar surface area (TPSA) is 92.2 Å². The maximum atomic E-state index is 11.7. The van der Waals surface area contributed by atoms with E-state index in [2.05, 4.69) is 15.3 Å². The van der Waals surface area contributed by atoms with Gasteiger partial charge in [-0.1, -0.05) is 0 Å². The summed E-state index contributed by atoms with van der Waals surface area (Å²) < 4.78 is 0. The number of nitrogens with zero attached hydrogens (tertiary/aromatic N) is 2. The first-order valence-corrected chi connectivity index (χ1v) is 6.64. The van der Waals surface area contributed by atoms with Crippen molar-refractivity contribution in [1.29, 1.82) is 0 Å². The Labute approximate surface area is 110 Å². The first-order chi connectivity index (χ1) is 8.56. The molecule has 0 unspecified atom stereocenters. The molecular formula is C10H9N3O3S2. The number of hydrogen-bond donors (Lipinski definition) is 2. The summed E-state index contributed by atoms with van der Waals surface area (Å²) in [5.41, 5.74) is -0.116. The van der Waals surface area contributed by atoms with Gasteiger partial charge in [0.2, 0.25) is 0 Å². The normalized spacial score (nSPS) is 10.3. The van der Waals surface area contributed by atoms with Crippen LogP contribution in [0.5, 0.6) is 0 Å². The van der Waals surface area contributed by atoms with Crippen molar-refractivity contribution in [3.05, 3.63) is 32.2 Å². The fourth-order valence-corrected chi connectivity index (χ4v) is 2.62. The number of aromatic nitrogens is 2. The Bertz CT molecular complexity index is 591. The molecule has 0 aromatic carbocycles. The van der Waals surface area contributed by atoms with Gasteiger partial charge in [0, 0.05) is 16.5 Å². The third kappa shape index (κ3) is 2.90. The zero-order valence-corrected chi connectivity index (χ0v) is 11.0. The number of rotatable bonds is 4. The maximum absolute atomic E-state index is 11.7. The fourth-order valence-electron chi connectivity index (χ4n) is 1.19. The molecule has 0 saturated heterocycles. The molecule has 0 atom stereocenters. The van der Waals surface area contributed by atoms with Crippen LogP contribution in [0.2, 0.25) is 0 Å². The van der Waals surface area contributed by atoms with Gasteiger partial charge in [0.15, 0.2) is 10.7 Å². The number of carboxylic acids is 1. The Morgan fingerprint density at radius 2 is 2.28 bits per heavy atom. The number of aryl methyl sites for hydroxylation is 1. The van der Waals surface area contributed by atoms with E-state index in [0.29, 0.717) is 6.54 Å². The summed E-state index contributed by atoms with van der Waals surface area (Å²) >= 11 is 2.50. The van der Waals surface area contributed by atoms with Crippen molar-refractivity contribution in [1.82, 2.24) is 15.3 Å². The zero-order valence-electron chi connectivity index (χ0n) is 9.34. The molecule has 0 bridgehead atoms. The number of nitrogens with one attached hydrogen (secondary N) is 1. The van der Waals surface area contributed by atoms with Crippen molar-refractivity contribution in [2.75, 3.05) is 0 Å². The Balaban J connectivity index is 1.97. The summed E-state index contributed by atoms with van der Waals surface area (Å²) in [4.78, 5) is 31.2. The standard InChI is InChI=1S/C10H9N3O3S2/c1-5-2-11-7(18-5)3-12-8(14)9-13-6(4-17-9)10(15)16/h2,4H,3H2,1H3,(H,12,14)(H,15,16). The lowest BCUT2D eigenvalue weighted by atomic mass is 10.5. The lowest BCUT2D eigenvalue weighted by Gasteiger charge is -1.98. The largest absolute Gasteiger partial charge is 0.476 e. The molecule has 2 aromatic heterocycles. The van der Waals surface area contributed by atoms with Crippen LogP contribution in [0.3, 0.4) is 0 Å². The lowest BCUT2D eigenvalue weighted by Crippen LogP contribution is -2.22.